The molecule has 0 bridgehead atoms. The number of benzene rings is 1. The van der Waals surface area contributed by atoms with Crippen molar-refractivity contribution in [2.45, 2.75) is 44.3 Å². The van der Waals surface area contributed by atoms with Crippen LogP contribution in [0.1, 0.15) is 31.4 Å². The molecule has 0 aromatic heterocycles. The summed E-state index contributed by atoms with van der Waals surface area (Å²) in [6.07, 6.45) is 0.624. The molecule has 1 aromatic carbocycles. The van der Waals surface area contributed by atoms with Crippen molar-refractivity contribution in [2.75, 3.05) is 0 Å². The van der Waals surface area contributed by atoms with E-state index in [2.05, 4.69) is 32.0 Å². The summed E-state index contributed by atoms with van der Waals surface area (Å²) in [5.74, 6) is 0.320. The number of Topliss-reactive ketones (excluding diaryl/α,β-unsaturated/α-hetero) is 1. The second-order valence-electron chi connectivity index (χ2n) is 3.85. The molecule has 0 saturated heterocycles. The number of thioether (sulfide) groups is 1. The van der Waals surface area contributed by atoms with Crippen molar-refractivity contribution in [3.05, 3.63) is 29.3 Å². The summed E-state index contributed by atoms with van der Waals surface area (Å²) >= 11 is 1.67. The van der Waals surface area contributed by atoms with Gasteiger partial charge in [0.15, 0.2) is 0 Å². The van der Waals surface area contributed by atoms with Gasteiger partial charge in [-0.25, -0.2) is 0 Å². The van der Waals surface area contributed by atoms with Gasteiger partial charge in [0.05, 0.1) is 5.25 Å². The van der Waals surface area contributed by atoms with E-state index in [4.69, 9.17) is 0 Å². The summed E-state index contributed by atoms with van der Waals surface area (Å²) in [7, 11) is 0. The van der Waals surface area contributed by atoms with Gasteiger partial charge in [0.2, 0.25) is 0 Å². The Morgan fingerprint density at radius 3 is 2.67 bits per heavy atom. The van der Waals surface area contributed by atoms with Crippen molar-refractivity contribution in [1.82, 2.24) is 0 Å². The average molecular weight is 222 g/mol. The van der Waals surface area contributed by atoms with Gasteiger partial charge in [0.1, 0.15) is 5.78 Å². The Balaban J connectivity index is 2.80. The minimum absolute atomic E-state index is 0.0653. The van der Waals surface area contributed by atoms with Crippen LogP contribution in [0.5, 0.6) is 0 Å². The predicted octanol–water partition coefficient (Wildman–Crippen LogP) is 3.76. The normalized spacial score (nSPS) is 12.5. The molecule has 1 atom stereocenters. The van der Waals surface area contributed by atoms with Gasteiger partial charge in [-0.3, -0.25) is 4.79 Å². The molecule has 0 aliphatic carbocycles. The standard InChI is InChI=1S/C13H18OS/c1-5-12(14)11(4)15-13-8-9(2)6-7-10(13)3/h6-8,11H,5H2,1-4H3. The summed E-state index contributed by atoms with van der Waals surface area (Å²) in [5, 5.41) is 0.0653. The monoisotopic (exact) mass is 222 g/mol. The summed E-state index contributed by atoms with van der Waals surface area (Å²) < 4.78 is 0. The molecule has 1 aromatic rings. The van der Waals surface area contributed by atoms with Crippen molar-refractivity contribution < 1.29 is 4.79 Å². The Bertz CT molecular complexity index is 358. The highest BCUT2D eigenvalue weighted by molar-refractivity contribution is 8.00. The van der Waals surface area contributed by atoms with Crippen LogP contribution in [0.25, 0.3) is 0 Å². The second kappa shape index (κ2) is 5.36. The molecule has 0 radical (unpaired) electrons. The van der Waals surface area contributed by atoms with E-state index < -0.39 is 0 Å². The van der Waals surface area contributed by atoms with E-state index in [1.54, 1.807) is 11.8 Å². The molecule has 2 heteroatoms. The van der Waals surface area contributed by atoms with Crippen LogP contribution in [-0.4, -0.2) is 11.0 Å². The van der Waals surface area contributed by atoms with E-state index in [1.807, 2.05) is 13.8 Å². The number of aryl methyl sites for hydroxylation is 2. The van der Waals surface area contributed by atoms with Crippen molar-refractivity contribution in [1.29, 1.82) is 0 Å². The Morgan fingerprint density at radius 1 is 1.40 bits per heavy atom. The molecule has 0 aliphatic heterocycles. The van der Waals surface area contributed by atoms with Crippen LogP contribution in [0.3, 0.4) is 0 Å². The lowest BCUT2D eigenvalue weighted by atomic mass is 10.2. The van der Waals surface area contributed by atoms with Gasteiger partial charge in [-0.15, -0.1) is 11.8 Å². The van der Waals surface area contributed by atoms with Gasteiger partial charge in [-0.2, -0.15) is 0 Å². The Labute approximate surface area is 96.3 Å². The SMILES string of the molecule is CCC(=O)C(C)Sc1cc(C)ccc1C. The topological polar surface area (TPSA) is 17.1 Å². The first kappa shape index (κ1) is 12.3. The predicted molar refractivity (Wildman–Crippen MR) is 66.5 cm³/mol. The van der Waals surface area contributed by atoms with E-state index in [1.165, 1.54) is 16.0 Å². The molecule has 0 fully saturated rings. The van der Waals surface area contributed by atoms with Crippen LogP contribution in [0, 0.1) is 13.8 Å². The number of carbonyl (C=O) groups excluding carboxylic acids is 1. The number of hydrogen-bond acceptors (Lipinski definition) is 2. The van der Waals surface area contributed by atoms with Crippen molar-refractivity contribution in [2.24, 2.45) is 0 Å². The number of ketones is 1. The molecule has 0 aliphatic rings. The minimum atomic E-state index is 0.0653. The second-order valence-corrected chi connectivity index (χ2v) is 5.23. The molecule has 1 unspecified atom stereocenters. The molecular formula is C13H18OS. The summed E-state index contributed by atoms with van der Waals surface area (Å²) in [5.41, 5.74) is 2.50. The van der Waals surface area contributed by atoms with E-state index in [0.717, 1.165) is 0 Å². The number of rotatable bonds is 4. The quantitative estimate of drug-likeness (QED) is 0.721. The first-order valence-electron chi connectivity index (χ1n) is 5.31. The van der Waals surface area contributed by atoms with Crippen LogP contribution >= 0.6 is 11.8 Å². The lowest BCUT2D eigenvalue weighted by Gasteiger charge is -2.11. The largest absolute Gasteiger partial charge is 0.298 e. The molecule has 15 heavy (non-hydrogen) atoms. The molecule has 1 rings (SSSR count). The first-order valence-corrected chi connectivity index (χ1v) is 6.19. The highest BCUT2D eigenvalue weighted by Gasteiger charge is 2.13. The number of hydrogen-bond donors (Lipinski definition) is 0. The minimum Gasteiger partial charge on any atom is -0.298 e. The van der Waals surface area contributed by atoms with Crippen LogP contribution in [-0.2, 0) is 4.79 Å². The molecule has 0 saturated carbocycles. The van der Waals surface area contributed by atoms with Crippen LogP contribution in [0.2, 0.25) is 0 Å². The fourth-order valence-corrected chi connectivity index (χ4v) is 2.56. The molecule has 0 amide bonds. The Morgan fingerprint density at radius 2 is 2.07 bits per heavy atom. The van der Waals surface area contributed by atoms with Crippen LogP contribution in [0.15, 0.2) is 23.1 Å². The maximum absolute atomic E-state index is 11.5. The summed E-state index contributed by atoms with van der Waals surface area (Å²) in [6.45, 7) is 8.07. The van der Waals surface area contributed by atoms with Crippen molar-refractivity contribution >= 4 is 17.5 Å². The molecule has 1 nitrogen and oxygen atoms in total. The molecule has 0 spiro atoms. The van der Waals surface area contributed by atoms with E-state index in [9.17, 15) is 4.79 Å². The van der Waals surface area contributed by atoms with E-state index in [0.29, 0.717) is 12.2 Å². The smallest absolute Gasteiger partial charge is 0.145 e. The number of carbonyl (C=O) groups is 1. The molecule has 0 N–H and O–H groups in total. The zero-order valence-electron chi connectivity index (χ0n) is 9.83. The van der Waals surface area contributed by atoms with E-state index in [-0.39, 0.29) is 5.25 Å². The summed E-state index contributed by atoms with van der Waals surface area (Å²) in [4.78, 5) is 12.7. The summed E-state index contributed by atoms with van der Waals surface area (Å²) in [6, 6.07) is 6.37. The molecular weight excluding hydrogens is 204 g/mol. The highest BCUT2D eigenvalue weighted by Crippen LogP contribution is 2.28. The maximum Gasteiger partial charge on any atom is 0.145 e. The third-order valence-corrected chi connectivity index (χ3v) is 3.76. The van der Waals surface area contributed by atoms with Gasteiger partial charge in [0, 0.05) is 11.3 Å². The van der Waals surface area contributed by atoms with Gasteiger partial charge in [-0.05, 0) is 32.4 Å². The van der Waals surface area contributed by atoms with Gasteiger partial charge in [-0.1, -0.05) is 24.6 Å². The molecule has 82 valence electrons. The zero-order valence-corrected chi connectivity index (χ0v) is 10.6. The fraction of sp³-hybridized carbons (Fsp3) is 0.462. The Kier molecular flexibility index (Phi) is 4.40. The third kappa shape index (κ3) is 3.38. The van der Waals surface area contributed by atoms with E-state index >= 15 is 0 Å². The van der Waals surface area contributed by atoms with Crippen LogP contribution in [0.4, 0.5) is 0 Å². The fourth-order valence-electron chi connectivity index (χ4n) is 1.38. The lowest BCUT2D eigenvalue weighted by molar-refractivity contribution is -0.117. The Hall–Kier alpha value is -0.760. The lowest BCUT2D eigenvalue weighted by Crippen LogP contribution is -2.11. The van der Waals surface area contributed by atoms with Gasteiger partial charge in [0.25, 0.3) is 0 Å². The zero-order chi connectivity index (χ0) is 11.4. The van der Waals surface area contributed by atoms with Crippen LogP contribution < -0.4 is 0 Å². The van der Waals surface area contributed by atoms with Crippen molar-refractivity contribution in [3.63, 3.8) is 0 Å². The molecule has 0 heterocycles. The van der Waals surface area contributed by atoms with Gasteiger partial charge >= 0.3 is 0 Å². The van der Waals surface area contributed by atoms with Crippen molar-refractivity contribution in [3.8, 4) is 0 Å². The highest BCUT2D eigenvalue weighted by atomic mass is 32.2. The first-order chi connectivity index (χ1) is 7.04. The average Bonchev–Trinajstić information content (AvgIpc) is 2.22. The third-order valence-electron chi connectivity index (χ3n) is 2.45. The van der Waals surface area contributed by atoms with Gasteiger partial charge < -0.3 is 0 Å². The maximum atomic E-state index is 11.5.